The number of nitrogens with one attached hydrogen (secondary N) is 2. The van der Waals surface area contributed by atoms with Crippen molar-refractivity contribution in [1.29, 1.82) is 0 Å². The predicted octanol–water partition coefficient (Wildman–Crippen LogP) is 0.944. The van der Waals surface area contributed by atoms with Gasteiger partial charge in [-0.2, -0.15) is 15.0 Å². The summed E-state index contributed by atoms with van der Waals surface area (Å²) in [7, 11) is 0. The maximum atomic E-state index is 12.5. The molecule has 4 N–H and O–H groups in total. The van der Waals surface area contributed by atoms with Crippen LogP contribution in [0.3, 0.4) is 0 Å². The zero-order valence-corrected chi connectivity index (χ0v) is 16.1. The number of carbonyl (C=O) groups is 1. The van der Waals surface area contributed by atoms with E-state index in [4.69, 9.17) is 10.5 Å². The van der Waals surface area contributed by atoms with E-state index in [1.807, 2.05) is 30.3 Å². The van der Waals surface area contributed by atoms with Gasteiger partial charge in [0.2, 0.25) is 11.9 Å². The van der Waals surface area contributed by atoms with Crippen molar-refractivity contribution >= 4 is 34.3 Å². The van der Waals surface area contributed by atoms with E-state index in [-0.39, 0.29) is 35.1 Å². The summed E-state index contributed by atoms with van der Waals surface area (Å²) in [6, 6.07) is 15.5. The Kier molecular flexibility index (Phi) is 5.39. The van der Waals surface area contributed by atoms with Crippen molar-refractivity contribution in [3.8, 4) is 0 Å². The first-order valence-corrected chi connectivity index (χ1v) is 9.19. The Bertz CT molecular complexity index is 1370. The Labute approximate surface area is 174 Å². The molecule has 2 aromatic carbocycles. The molecule has 0 unspecified atom stereocenters. The molecule has 0 aliphatic heterocycles. The minimum absolute atomic E-state index is 0.0467. The molecule has 11 heteroatoms. The van der Waals surface area contributed by atoms with Crippen molar-refractivity contribution in [1.82, 2.24) is 24.7 Å². The van der Waals surface area contributed by atoms with Crippen molar-refractivity contribution in [3.05, 3.63) is 81.1 Å². The largest absolute Gasteiger partial charge is 0.456 e. The quantitative estimate of drug-likeness (QED) is 0.387. The van der Waals surface area contributed by atoms with Crippen LogP contribution in [0.25, 0.3) is 10.8 Å². The number of hydrogen-bond donors (Lipinski definition) is 3. The standard InChI is InChI=1S/C20H17N7O4/c21-19-23-15(24-20(25-19)22-12-6-2-1-3-7-12)11-31-16(28)10-27-18(30)14-9-5-4-8-13(14)17(29)26-27/h1-9H,10-11H2,(H,26,29)(H3,21,22,23,24,25). The van der Waals surface area contributed by atoms with Crippen LogP contribution in [-0.4, -0.2) is 30.7 Å². The number of carbonyl (C=O) groups excluding carboxylic acids is 1. The van der Waals surface area contributed by atoms with Gasteiger partial charge in [-0.25, -0.2) is 4.68 Å². The monoisotopic (exact) mass is 419 g/mol. The fourth-order valence-corrected chi connectivity index (χ4v) is 2.89. The molecule has 4 aromatic rings. The molecule has 0 radical (unpaired) electrons. The molecule has 0 fully saturated rings. The minimum Gasteiger partial charge on any atom is -0.456 e. The molecular formula is C20H17N7O4. The Morgan fingerprint density at radius 1 is 1.00 bits per heavy atom. The lowest BCUT2D eigenvalue weighted by Gasteiger charge is -2.09. The molecule has 0 aliphatic carbocycles. The van der Waals surface area contributed by atoms with E-state index in [9.17, 15) is 14.4 Å². The first-order valence-electron chi connectivity index (χ1n) is 9.19. The van der Waals surface area contributed by atoms with Gasteiger partial charge in [-0.05, 0) is 24.3 Å². The van der Waals surface area contributed by atoms with Gasteiger partial charge in [-0.3, -0.25) is 19.5 Å². The number of benzene rings is 2. The third-order valence-corrected chi connectivity index (χ3v) is 4.26. The van der Waals surface area contributed by atoms with E-state index in [1.165, 1.54) is 12.1 Å². The molecular weight excluding hydrogens is 402 g/mol. The van der Waals surface area contributed by atoms with Crippen molar-refractivity contribution in [2.45, 2.75) is 13.2 Å². The highest BCUT2D eigenvalue weighted by Gasteiger charge is 2.13. The van der Waals surface area contributed by atoms with E-state index in [0.717, 1.165) is 10.4 Å². The van der Waals surface area contributed by atoms with E-state index in [2.05, 4.69) is 25.4 Å². The minimum atomic E-state index is -0.760. The first-order chi connectivity index (χ1) is 15.0. The van der Waals surface area contributed by atoms with Crippen LogP contribution < -0.4 is 22.2 Å². The highest BCUT2D eigenvalue weighted by Crippen LogP contribution is 2.13. The highest BCUT2D eigenvalue weighted by molar-refractivity contribution is 5.80. The van der Waals surface area contributed by atoms with Crippen molar-refractivity contribution in [2.24, 2.45) is 0 Å². The van der Waals surface area contributed by atoms with Gasteiger partial charge in [-0.15, -0.1) is 0 Å². The second-order valence-corrected chi connectivity index (χ2v) is 6.46. The van der Waals surface area contributed by atoms with Crippen LogP contribution in [-0.2, 0) is 22.7 Å². The number of rotatable bonds is 6. The normalized spacial score (nSPS) is 10.7. The molecule has 0 aliphatic rings. The highest BCUT2D eigenvalue weighted by atomic mass is 16.5. The summed E-state index contributed by atoms with van der Waals surface area (Å²) in [6.07, 6.45) is 0. The summed E-state index contributed by atoms with van der Waals surface area (Å²) in [6.45, 7) is -0.768. The van der Waals surface area contributed by atoms with Gasteiger partial charge in [0.15, 0.2) is 12.4 Å². The zero-order valence-electron chi connectivity index (χ0n) is 16.1. The van der Waals surface area contributed by atoms with Gasteiger partial charge < -0.3 is 15.8 Å². The van der Waals surface area contributed by atoms with Crippen LogP contribution >= 0.6 is 0 Å². The lowest BCUT2D eigenvalue weighted by molar-refractivity contribution is -0.146. The molecule has 0 bridgehead atoms. The molecule has 31 heavy (non-hydrogen) atoms. The fraction of sp³-hybridized carbons (Fsp3) is 0.100. The second-order valence-electron chi connectivity index (χ2n) is 6.46. The summed E-state index contributed by atoms with van der Waals surface area (Å²) in [5.41, 5.74) is 5.46. The summed E-state index contributed by atoms with van der Waals surface area (Å²) in [5.74, 6) is -0.488. The van der Waals surface area contributed by atoms with Gasteiger partial charge in [0.1, 0.15) is 6.54 Å². The van der Waals surface area contributed by atoms with E-state index in [1.54, 1.807) is 12.1 Å². The van der Waals surface area contributed by atoms with Crippen LogP contribution in [0.4, 0.5) is 17.6 Å². The predicted molar refractivity (Wildman–Crippen MR) is 113 cm³/mol. The van der Waals surface area contributed by atoms with E-state index >= 15 is 0 Å². The number of H-pyrrole nitrogens is 1. The average Bonchev–Trinajstić information content (AvgIpc) is 2.76. The molecule has 0 spiro atoms. The van der Waals surface area contributed by atoms with Crippen molar-refractivity contribution in [2.75, 3.05) is 11.1 Å². The average molecular weight is 419 g/mol. The summed E-state index contributed by atoms with van der Waals surface area (Å²) in [4.78, 5) is 48.9. The van der Waals surface area contributed by atoms with E-state index in [0.29, 0.717) is 0 Å². The molecule has 11 nitrogen and oxygen atoms in total. The van der Waals surface area contributed by atoms with Crippen LogP contribution in [0.5, 0.6) is 0 Å². The SMILES string of the molecule is Nc1nc(COC(=O)Cn2[nH]c(=O)c3ccccc3c2=O)nc(Nc2ccccc2)n1. The van der Waals surface area contributed by atoms with Crippen molar-refractivity contribution < 1.29 is 9.53 Å². The number of ether oxygens (including phenoxy) is 1. The number of nitrogens with two attached hydrogens (primary N) is 1. The third-order valence-electron chi connectivity index (χ3n) is 4.26. The molecule has 156 valence electrons. The van der Waals surface area contributed by atoms with Crippen LogP contribution in [0.15, 0.2) is 64.2 Å². The second kappa shape index (κ2) is 8.45. The van der Waals surface area contributed by atoms with Crippen LogP contribution in [0.1, 0.15) is 5.82 Å². The number of aromatic nitrogens is 5. The zero-order chi connectivity index (χ0) is 21.8. The maximum absolute atomic E-state index is 12.5. The summed E-state index contributed by atoms with van der Waals surface area (Å²) in [5, 5.41) is 5.80. The molecule has 0 saturated carbocycles. The van der Waals surface area contributed by atoms with Gasteiger partial charge in [-0.1, -0.05) is 30.3 Å². The molecule has 0 amide bonds. The summed E-state index contributed by atoms with van der Waals surface area (Å²) >= 11 is 0. The molecule has 2 heterocycles. The van der Waals surface area contributed by atoms with Crippen molar-refractivity contribution in [3.63, 3.8) is 0 Å². The van der Waals surface area contributed by atoms with E-state index < -0.39 is 23.6 Å². The third kappa shape index (κ3) is 4.56. The number of anilines is 3. The number of esters is 1. The molecule has 0 saturated heterocycles. The molecule has 2 aromatic heterocycles. The number of hydrogen-bond acceptors (Lipinski definition) is 9. The van der Waals surface area contributed by atoms with Gasteiger partial charge in [0.25, 0.3) is 11.1 Å². The number of fused-ring (bicyclic) bond motifs is 1. The lowest BCUT2D eigenvalue weighted by Crippen LogP contribution is -2.32. The lowest BCUT2D eigenvalue weighted by atomic mass is 10.2. The maximum Gasteiger partial charge on any atom is 0.328 e. The first kappa shape index (κ1) is 19.8. The van der Waals surface area contributed by atoms with Gasteiger partial charge in [0.05, 0.1) is 10.8 Å². The van der Waals surface area contributed by atoms with Gasteiger partial charge >= 0.3 is 5.97 Å². The van der Waals surface area contributed by atoms with Crippen LogP contribution in [0, 0.1) is 0 Å². The Balaban J connectivity index is 1.46. The Morgan fingerprint density at radius 2 is 1.71 bits per heavy atom. The fourth-order valence-electron chi connectivity index (χ4n) is 2.89. The number of aromatic amines is 1. The number of nitrogen functional groups attached to an aromatic ring is 1. The number of nitrogens with zero attached hydrogens (tertiary/aromatic N) is 4. The molecule has 4 rings (SSSR count). The Hall–Kier alpha value is -4.54. The Morgan fingerprint density at radius 3 is 2.48 bits per heavy atom. The van der Waals surface area contributed by atoms with Gasteiger partial charge in [0, 0.05) is 5.69 Å². The van der Waals surface area contributed by atoms with Crippen LogP contribution in [0.2, 0.25) is 0 Å². The smallest absolute Gasteiger partial charge is 0.328 e. The molecule has 0 atom stereocenters. The number of para-hydroxylation sites is 1. The summed E-state index contributed by atoms with van der Waals surface area (Å²) < 4.78 is 6.04. The topological polar surface area (TPSA) is 158 Å².